The number of H-pyrrole nitrogens is 1. The van der Waals surface area contributed by atoms with Gasteiger partial charge in [0.25, 0.3) is 11.9 Å². The van der Waals surface area contributed by atoms with E-state index in [1.54, 1.807) is 53.4 Å². The standard InChI is InChI=1S/C28H28N8O3/c37-26(30-27-31-34-35-32-27)22-11-9-19(10-12-22)18-36(28(38)29-23-7-4-8-24(17-23)33-39)25-15-13-21(14-16-25)20-5-2-1-3-6-20/h4-5,7-17,33,39H,1-3,6,18H2,(H,29,38)(H2,30,31,32,34,35,37). The smallest absolute Gasteiger partial charge is 0.307 e. The van der Waals surface area contributed by atoms with Crippen molar-refractivity contribution in [1.82, 2.24) is 20.6 Å². The maximum absolute atomic E-state index is 13.5. The van der Waals surface area contributed by atoms with Crippen LogP contribution in [0.2, 0.25) is 0 Å². The number of tetrazole rings is 1. The Bertz CT molecular complexity index is 1450. The number of nitrogens with zero attached hydrogens (tertiary/aromatic N) is 4. The summed E-state index contributed by atoms with van der Waals surface area (Å²) >= 11 is 0. The number of benzene rings is 3. The number of hydrogen-bond acceptors (Lipinski definition) is 7. The van der Waals surface area contributed by atoms with Gasteiger partial charge in [0, 0.05) is 16.9 Å². The second-order valence-corrected chi connectivity index (χ2v) is 9.12. The Morgan fingerprint density at radius 3 is 2.44 bits per heavy atom. The molecule has 1 heterocycles. The van der Waals surface area contributed by atoms with Crippen LogP contribution >= 0.6 is 0 Å². The highest BCUT2D eigenvalue weighted by molar-refractivity contribution is 6.03. The summed E-state index contributed by atoms with van der Waals surface area (Å²) < 4.78 is 0. The van der Waals surface area contributed by atoms with Crippen LogP contribution in [0.5, 0.6) is 0 Å². The summed E-state index contributed by atoms with van der Waals surface area (Å²) in [5.74, 6) is -0.289. The molecule has 5 N–H and O–H groups in total. The van der Waals surface area contributed by atoms with Crippen molar-refractivity contribution in [3.8, 4) is 0 Å². The zero-order valence-corrected chi connectivity index (χ0v) is 21.1. The largest absolute Gasteiger partial charge is 0.326 e. The van der Waals surface area contributed by atoms with Crippen LogP contribution in [-0.2, 0) is 6.54 Å². The van der Waals surface area contributed by atoms with Crippen molar-refractivity contribution in [2.45, 2.75) is 32.2 Å². The van der Waals surface area contributed by atoms with E-state index in [-0.39, 0.29) is 24.4 Å². The van der Waals surface area contributed by atoms with E-state index in [1.165, 1.54) is 18.4 Å². The number of allylic oxidation sites excluding steroid dienone is 2. The van der Waals surface area contributed by atoms with E-state index >= 15 is 0 Å². The fourth-order valence-corrected chi connectivity index (χ4v) is 4.43. The molecule has 1 aromatic heterocycles. The van der Waals surface area contributed by atoms with Crippen LogP contribution in [0.3, 0.4) is 0 Å². The van der Waals surface area contributed by atoms with Gasteiger partial charge in [-0.05, 0) is 90.1 Å². The van der Waals surface area contributed by atoms with Crippen molar-refractivity contribution in [2.75, 3.05) is 21.0 Å². The topological polar surface area (TPSA) is 148 Å². The molecular formula is C28H28N8O3. The predicted molar refractivity (Wildman–Crippen MR) is 149 cm³/mol. The highest BCUT2D eigenvalue weighted by Crippen LogP contribution is 2.29. The summed E-state index contributed by atoms with van der Waals surface area (Å²) in [5.41, 5.74) is 7.55. The SMILES string of the molecule is O=C(Nc1nn[nH]n1)c1ccc(CN(C(=O)Nc2cccc(NO)c2)c2ccc(C3=CCCCC3)cc2)cc1. The maximum Gasteiger partial charge on any atom is 0.326 e. The summed E-state index contributed by atoms with van der Waals surface area (Å²) in [4.78, 5) is 27.6. The molecule has 11 nitrogen and oxygen atoms in total. The second kappa shape index (κ2) is 12.0. The lowest BCUT2D eigenvalue weighted by Crippen LogP contribution is -2.34. The fourth-order valence-electron chi connectivity index (χ4n) is 4.43. The molecule has 198 valence electrons. The molecule has 0 saturated carbocycles. The third-order valence-electron chi connectivity index (χ3n) is 6.46. The number of carbonyl (C=O) groups is 2. The molecule has 0 spiro atoms. The first-order valence-electron chi connectivity index (χ1n) is 12.6. The van der Waals surface area contributed by atoms with Gasteiger partial charge in [-0.25, -0.2) is 4.79 Å². The highest BCUT2D eigenvalue weighted by Gasteiger charge is 2.18. The quantitative estimate of drug-likeness (QED) is 0.193. The molecule has 1 aliphatic carbocycles. The van der Waals surface area contributed by atoms with Crippen molar-refractivity contribution in [1.29, 1.82) is 0 Å². The van der Waals surface area contributed by atoms with Crippen LogP contribution in [0.4, 0.5) is 27.8 Å². The van der Waals surface area contributed by atoms with Crippen LogP contribution in [0.1, 0.15) is 47.2 Å². The van der Waals surface area contributed by atoms with Gasteiger partial charge in [-0.15, -0.1) is 5.10 Å². The van der Waals surface area contributed by atoms with Crippen LogP contribution in [0, 0.1) is 0 Å². The summed E-state index contributed by atoms with van der Waals surface area (Å²) in [6.07, 6.45) is 6.86. The number of amides is 3. The molecule has 0 bridgehead atoms. The Labute approximate surface area is 224 Å². The number of carbonyl (C=O) groups excluding carboxylic acids is 2. The average Bonchev–Trinajstić information content (AvgIpc) is 3.50. The number of anilines is 4. The van der Waals surface area contributed by atoms with E-state index in [4.69, 9.17) is 0 Å². The van der Waals surface area contributed by atoms with Crippen LogP contribution in [-0.4, -0.2) is 37.8 Å². The van der Waals surface area contributed by atoms with Crippen molar-refractivity contribution in [3.05, 3.63) is 95.6 Å². The lowest BCUT2D eigenvalue weighted by Gasteiger charge is -2.24. The zero-order valence-electron chi connectivity index (χ0n) is 21.1. The van der Waals surface area contributed by atoms with Gasteiger partial charge in [-0.3, -0.25) is 25.7 Å². The van der Waals surface area contributed by atoms with Gasteiger partial charge in [0.15, 0.2) is 0 Å². The molecule has 0 saturated heterocycles. The molecule has 3 aromatic carbocycles. The predicted octanol–water partition coefficient (Wildman–Crippen LogP) is 5.45. The molecule has 0 atom stereocenters. The lowest BCUT2D eigenvalue weighted by atomic mass is 9.93. The van der Waals surface area contributed by atoms with E-state index in [1.807, 2.05) is 12.1 Å². The van der Waals surface area contributed by atoms with Gasteiger partial charge in [0.1, 0.15) is 0 Å². The van der Waals surface area contributed by atoms with Gasteiger partial charge in [-0.1, -0.05) is 41.5 Å². The molecule has 3 amide bonds. The minimum atomic E-state index is -0.373. The Kier molecular flexibility index (Phi) is 7.89. The number of hydrogen-bond donors (Lipinski definition) is 5. The zero-order chi connectivity index (χ0) is 27.0. The third-order valence-corrected chi connectivity index (χ3v) is 6.46. The summed E-state index contributed by atoms with van der Waals surface area (Å²) in [6.45, 7) is 0.262. The molecule has 39 heavy (non-hydrogen) atoms. The normalized spacial score (nSPS) is 12.8. The van der Waals surface area contributed by atoms with Crippen molar-refractivity contribution in [3.63, 3.8) is 0 Å². The first kappa shape index (κ1) is 25.6. The van der Waals surface area contributed by atoms with Crippen molar-refractivity contribution >= 4 is 40.5 Å². The number of urea groups is 1. The van der Waals surface area contributed by atoms with Gasteiger partial charge in [0.05, 0.1) is 12.2 Å². The van der Waals surface area contributed by atoms with Gasteiger partial charge < -0.3 is 5.32 Å². The van der Waals surface area contributed by atoms with Gasteiger partial charge in [0.2, 0.25) is 0 Å². The lowest BCUT2D eigenvalue weighted by molar-refractivity contribution is 0.102. The third kappa shape index (κ3) is 6.46. The molecule has 0 radical (unpaired) electrons. The minimum Gasteiger partial charge on any atom is -0.307 e. The van der Waals surface area contributed by atoms with Crippen LogP contribution in [0.25, 0.3) is 5.57 Å². The Balaban J connectivity index is 1.36. The van der Waals surface area contributed by atoms with Crippen LogP contribution in [0.15, 0.2) is 78.9 Å². The number of nitrogens with one attached hydrogen (secondary N) is 4. The first-order valence-corrected chi connectivity index (χ1v) is 12.6. The van der Waals surface area contributed by atoms with E-state index < -0.39 is 0 Å². The second-order valence-electron chi connectivity index (χ2n) is 9.12. The van der Waals surface area contributed by atoms with Crippen LogP contribution < -0.4 is 21.0 Å². The Morgan fingerprint density at radius 1 is 0.949 bits per heavy atom. The minimum absolute atomic E-state index is 0.0832. The molecule has 0 aliphatic heterocycles. The molecule has 0 fully saturated rings. The first-order chi connectivity index (χ1) is 19.1. The Hall–Kier alpha value is -5.03. The number of aromatic amines is 1. The van der Waals surface area contributed by atoms with Crippen molar-refractivity contribution in [2.24, 2.45) is 0 Å². The number of aromatic nitrogens is 4. The summed E-state index contributed by atoms with van der Waals surface area (Å²) in [5, 5.41) is 27.8. The molecule has 5 rings (SSSR count). The van der Waals surface area contributed by atoms with Crippen molar-refractivity contribution < 1.29 is 14.8 Å². The summed E-state index contributed by atoms with van der Waals surface area (Å²) in [7, 11) is 0. The van der Waals surface area contributed by atoms with E-state index in [9.17, 15) is 14.8 Å². The maximum atomic E-state index is 13.5. The molecule has 11 heteroatoms. The average molecular weight is 525 g/mol. The van der Waals surface area contributed by atoms with E-state index in [0.717, 1.165) is 29.7 Å². The molecule has 1 aliphatic rings. The Morgan fingerprint density at radius 2 is 1.74 bits per heavy atom. The molecule has 4 aromatic rings. The molecular weight excluding hydrogens is 496 g/mol. The fraction of sp³-hybridized carbons (Fsp3) is 0.179. The summed E-state index contributed by atoms with van der Waals surface area (Å²) in [6, 6.07) is 21.4. The number of rotatable bonds is 8. The highest BCUT2D eigenvalue weighted by atomic mass is 16.5. The van der Waals surface area contributed by atoms with E-state index in [0.29, 0.717) is 16.9 Å². The van der Waals surface area contributed by atoms with Gasteiger partial charge >= 0.3 is 6.03 Å². The van der Waals surface area contributed by atoms with E-state index in [2.05, 4.69) is 54.9 Å². The molecule has 0 unspecified atom stereocenters. The monoisotopic (exact) mass is 524 g/mol. The van der Waals surface area contributed by atoms with Gasteiger partial charge in [-0.2, -0.15) is 5.21 Å².